The van der Waals surface area contributed by atoms with Gasteiger partial charge in [-0.25, -0.2) is 4.98 Å². The molecule has 1 aromatic rings. The number of hydrogen-bond donors (Lipinski definition) is 0. The molecule has 1 aromatic heterocycles. The number of ether oxygens (including phenoxy) is 1. The maximum Gasteiger partial charge on any atom is 0.254 e. The van der Waals surface area contributed by atoms with Crippen LogP contribution in [0.3, 0.4) is 0 Å². The molecule has 0 spiro atoms. The van der Waals surface area contributed by atoms with Gasteiger partial charge < -0.3 is 4.74 Å². The van der Waals surface area contributed by atoms with Gasteiger partial charge in [-0.3, -0.25) is 9.69 Å². The monoisotopic (exact) mass is 194 g/mol. The van der Waals surface area contributed by atoms with Gasteiger partial charge in [0.15, 0.2) is 0 Å². The number of methoxy groups -OCH3 is 1. The normalized spacial score (nSPS) is 9.86. The number of nitrogens with zero attached hydrogens (tertiary/aromatic N) is 2. The van der Waals surface area contributed by atoms with Gasteiger partial charge in [0, 0.05) is 19.9 Å². The van der Waals surface area contributed by atoms with Gasteiger partial charge in [-0.05, 0) is 19.1 Å². The summed E-state index contributed by atoms with van der Waals surface area (Å²) in [5.41, 5.74) is 0. The molecule has 76 valence electrons. The van der Waals surface area contributed by atoms with Crippen LogP contribution in [0, 0.1) is 0 Å². The zero-order valence-corrected chi connectivity index (χ0v) is 8.43. The molecule has 0 unspecified atom stereocenters. The predicted octanol–water partition coefficient (Wildman–Crippen LogP) is 1.08. The molecule has 1 amide bonds. The molecule has 0 saturated heterocycles. The van der Waals surface area contributed by atoms with Crippen molar-refractivity contribution in [3.63, 3.8) is 0 Å². The molecule has 0 radical (unpaired) electrons. The predicted molar refractivity (Wildman–Crippen MR) is 54.1 cm³/mol. The zero-order valence-electron chi connectivity index (χ0n) is 8.43. The quantitative estimate of drug-likeness (QED) is 0.720. The largest absolute Gasteiger partial charge is 0.375 e. The molecule has 1 rings (SSSR count). The lowest BCUT2D eigenvalue weighted by Crippen LogP contribution is -2.34. The minimum Gasteiger partial charge on any atom is -0.375 e. The van der Waals surface area contributed by atoms with Crippen molar-refractivity contribution in [1.82, 2.24) is 4.98 Å². The van der Waals surface area contributed by atoms with E-state index in [0.29, 0.717) is 12.4 Å². The van der Waals surface area contributed by atoms with Gasteiger partial charge >= 0.3 is 0 Å². The van der Waals surface area contributed by atoms with Crippen molar-refractivity contribution >= 4 is 11.7 Å². The van der Waals surface area contributed by atoms with Crippen LogP contribution in [0.25, 0.3) is 0 Å². The summed E-state index contributed by atoms with van der Waals surface area (Å²) in [7, 11) is 1.50. The number of anilines is 1. The van der Waals surface area contributed by atoms with Crippen LogP contribution in [0.2, 0.25) is 0 Å². The molecule has 4 heteroatoms. The Balaban J connectivity index is 2.77. The molecule has 0 aromatic carbocycles. The van der Waals surface area contributed by atoms with E-state index in [1.807, 2.05) is 19.1 Å². The molecule has 0 bridgehead atoms. The second-order valence-corrected chi connectivity index (χ2v) is 2.76. The van der Waals surface area contributed by atoms with Crippen molar-refractivity contribution in [2.45, 2.75) is 6.92 Å². The first kappa shape index (κ1) is 10.7. The lowest BCUT2D eigenvalue weighted by Gasteiger charge is -2.18. The van der Waals surface area contributed by atoms with E-state index in [2.05, 4.69) is 4.98 Å². The van der Waals surface area contributed by atoms with E-state index in [1.54, 1.807) is 17.2 Å². The summed E-state index contributed by atoms with van der Waals surface area (Å²) < 4.78 is 4.79. The zero-order chi connectivity index (χ0) is 10.4. The highest BCUT2D eigenvalue weighted by Gasteiger charge is 2.13. The molecule has 0 aliphatic carbocycles. The molecule has 0 atom stereocenters. The van der Waals surface area contributed by atoms with Crippen LogP contribution >= 0.6 is 0 Å². The van der Waals surface area contributed by atoms with Crippen LogP contribution in [-0.4, -0.2) is 31.2 Å². The third-order valence-corrected chi connectivity index (χ3v) is 1.81. The van der Waals surface area contributed by atoms with Crippen molar-refractivity contribution in [3.05, 3.63) is 24.4 Å². The van der Waals surface area contributed by atoms with E-state index in [0.717, 1.165) is 0 Å². The van der Waals surface area contributed by atoms with Gasteiger partial charge in [0.05, 0.1) is 0 Å². The van der Waals surface area contributed by atoms with Crippen molar-refractivity contribution in [3.8, 4) is 0 Å². The maximum atomic E-state index is 11.5. The summed E-state index contributed by atoms with van der Waals surface area (Å²) in [5, 5.41) is 0. The molecular weight excluding hydrogens is 180 g/mol. The third kappa shape index (κ3) is 2.53. The summed E-state index contributed by atoms with van der Waals surface area (Å²) in [6, 6.07) is 5.47. The van der Waals surface area contributed by atoms with E-state index in [-0.39, 0.29) is 12.5 Å². The average molecular weight is 194 g/mol. The molecule has 0 aliphatic rings. The Labute approximate surface area is 83.5 Å². The minimum absolute atomic E-state index is 0.0753. The fourth-order valence-corrected chi connectivity index (χ4v) is 1.18. The fourth-order valence-electron chi connectivity index (χ4n) is 1.18. The van der Waals surface area contributed by atoms with E-state index >= 15 is 0 Å². The first-order chi connectivity index (χ1) is 6.79. The average Bonchev–Trinajstić information content (AvgIpc) is 2.21. The van der Waals surface area contributed by atoms with E-state index in [4.69, 9.17) is 4.74 Å². The number of pyridine rings is 1. The summed E-state index contributed by atoms with van der Waals surface area (Å²) in [4.78, 5) is 17.2. The highest BCUT2D eigenvalue weighted by molar-refractivity contribution is 5.93. The number of rotatable bonds is 4. The van der Waals surface area contributed by atoms with E-state index in [1.165, 1.54) is 7.11 Å². The summed E-state index contributed by atoms with van der Waals surface area (Å²) in [5.74, 6) is 0.589. The molecular formula is C10H14N2O2. The second kappa shape index (κ2) is 5.34. The van der Waals surface area contributed by atoms with Crippen LogP contribution in [0.4, 0.5) is 5.82 Å². The van der Waals surface area contributed by atoms with Crippen LogP contribution in [-0.2, 0) is 9.53 Å². The number of hydrogen-bond acceptors (Lipinski definition) is 3. The standard InChI is InChI=1S/C10H14N2O2/c1-3-12(10(13)8-14-2)9-6-4-5-7-11-9/h4-7H,3,8H2,1-2H3. The molecule has 0 saturated carbocycles. The van der Waals surface area contributed by atoms with Gasteiger partial charge in [0.1, 0.15) is 12.4 Å². The van der Waals surface area contributed by atoms with Crippen LogP contribution in [0.15, 0.2) is 24.4 Å². The van der Waals surface area contributed by atoms with Crippen LogP contribution in [0.1, 0.15) is 6.92 Å². The maximum absolute atomic E-state index is 11.5. The number of likely N-dealkylation sites (N-methyl/N-ethyl adjacent to an activating group) is 1. The number of carbonyl (C=O) groups is 1. The molecule has 4 nitrogen and oxygen atoms in total. The topological polar surface area (TPSA) is 42.4 Å². The van der Waals surface area contributed by atoms with Gasteiger partial charge in [0.2, 0.25) is 0 Å². The third-order valence-electron chi connectivity index (χ3n) is 1.81. The highest BCUT2D eigenvalue weighted by Crippen LogP contribution is 2.08. The second-order valence-electron chi connectivity index (χ2n) is 2.76. The Kier molecular flexibility index (Phi) is 4.07. The first-order valence-corrected chi connectivity index (χ1v) is 4.50. The van der Waals surface area contributed by atoms with Crippen molar-refractivity contribution in [1.29, 1.82) is 0 Å². The lowest BCUT2D eigenvalue weighted by molar-refractivity contribution is -0.122. The van der Waals surface area contributed by atoms with Gasteiger partial charge in [-0.15, -0.1) is 0 Å². The number of aromatic nitrogens is 1. The summed E-state index contributed by atoms with van der Waals surface area (Å²) in [6.07, 6.45) is 1.66. The Hall–Kier alpha value is -1.42. The molecule has 0 N–H and O–H groups in total. The molecule has 1 heterocycles. The Morgan fingerprint density at radius 3 is 2.86 bits per heavy atom. The van der Waals surface area contributed by atoms with Crippen LogP contribution in [0.5, 0.6) is 0 Å². The Bertz CT molecular complexity index is 287. The van der Waals surface area contributed by atoms with Gasteiger partial charge in [-0.2, -0.15) is 0 Å². The van der Waals surface area contributed by atoms with E-state index < -0.39 is 0 Å². The van der Waals surface area contributed by atoms with E-state index in [9.17, 15) is 4.79 Å². The number of amides is 1. The van der Waals surface area contributed by atoms with Gasteiger partial charge in [0.25, 0.3) is 5.91 Å². The van der Waals surface area contributed by atoms with Crippen molar-refractivity contribution in [2.24, 2.45) is 0 Å². The molecule has 14 heavy (non-hydrogen) atoms. The lowest BCUT2D eigenvalue weighted by atomic mass is 10.4. The first-order valence-electron chi connectivity index (χ1n) is 4.50. The highest BCUT2D eigenvalue weighted by atomic mass is 16.5. The molecule has 0 aliphatic heterocycles. The summed E-state index contributed by atoms with van der Waals surface area (Å²) >= 11 is 0. The Morgan fingerprint density at radius 1 is 1.57 bits per heavy atom. The fraction of sp³-hybridized carbons (Fsp3) is 0.400. The van der Waals surface area contributed by atoms with Crippen LogP contribution < -0.4 is 4.90 Å². The van der Waals surface area contributed by atoms with Crippen molar-refractivity contribution in [2.75, 3.05) is 25.2 Å². The minimum atomic E-state index is -0.0753. The number of carbonyl (C=O) groups excluding carboxylic acids is 1. The SMILES string of the molecule is CCN(C(=O)COC)c1ccccn1. The smallest absolute Gasteiger partial charge is 0.254 e. The Morgan fingerprint density at radius 2 is 2.36 bits per heavy atom. The molecule has 0 fully saturated rings. The summed E-state index contributed by atoms with van der Waals surface area (Å²) in [6.45, 7) is 2.59. The van der Waals surface area contributed by atoms with Crippen molar-refractivity contribution < 1.29 is 9.53 Å². The van der Waals surface area contributed by atoms with Gasteiger partial charge in [-0.1, -0.05) is 6.07 Å².